The van der Waals surface area contributed by atoms with Crippen molar-refractivity contribution >= 4 is 27.4 Å². The quantitative estimate of drug-likeness (QED) is 0.693. The summed E-state index contributed by atoms with van der Waals surface area (Å²) in [6.45, 7) is 9.88. The molecule has 1 fully saturated rings. The van der Waals surface area contributed by atoms with Gasteiger partial charge in [-0.25, -0.2) is 9.97 Å². The molecule has 0 atom stereocenters. The Labute approximate surface area is 161 Å². The Bertz CT molecular complexity index is 769. The third-order valence-electron chi connectivity index (χ3n) is 5.06. The van der Waals surface area contributed by atoms with E-state index < -0.39 is 0 Å². The molecule has 0 unspecified atom stereocenters. The summed E-state index contributed by atoms with van der Waals surface area (Å²) in [5.41, 5.74) is 1.51. The molecule has 0 spiro atoms. The SMILES string of the molecule is C/C=C\C=C(/CC)CN1CCC(Nc2ncnc3sc(CC)cc23)CC1. The maximum Gasteiger partial charge on any atom is 0.138 e. The number of anilines is 1. The van der Waals surface area contributed by atoms with Gasteiger partial charge in [0.1, 0.15) is 17.0 Å². The molecule has 26 heavy (non-hydrogen) atoms. The molecule has 0 bridgehead atoms. The Morgan fingerprint density at radius 3 is 2.81 bits per heavy atom. The molecule has 0 saturated carbocycles. The molecule has 0 radical (unpaired) electrons. The van der Waals surface area contributed by atoms with Crippen LogP contribution in [-0.4, -0.2) is 40.5 Å². The van der Waals surface area contributed by atoms with Gasteiger partial charge in [-0.1, -0.05) is 37.6 Å². The zero-order valence-corrected chi connectivity index (χ0v) is 17.0. The zero-order valence-electron chi connectivity index (χ0n) is 16.2. The number of likely N-dealkylation sites (tertiary alicyclic amines) is 1. The van der Waals surface area contributed by atoms with E-state index >= 15 is 0 Å². The highest BCUT2D eigenvalue weighted by Crippen LogP contribution is 2.29. The summed E-state index contributed by atoms with van der Waals surface area (Å²) in [5, 5.41) is 4.87. The molecule has 2 aromatic rings. The number of aromatic nitrogens is 2. The van der Waals surface area contributed by atoms with Crippen LogP contribution in [0.4, 0.5) is 5.82 Å². The molecule has 1 saturated heterocycles. The monoisotopic (exact) mass is 370 g/mol. The molecule has 5 heteroatoms. The summed E-state index contributed by atoms with van der Waals surface area (Å²) in [5.74, 6) is 1.01. The molecule has 0 aromatic carbocycles. The Hall–Kier alpha value is -1.72. The molecule has 3 rings (SSSR count). The van der Waals surface area contributed by atoms with Crippen molar-refractivity contribution in [3.05, 3.63) is 41.1 Å². The Balaban J connectivity index is 1.58. The van der Waals surface area contributed by atoms with Crippen LogP contribution in [0, 0.1) is 0 Å². The van der Waals surface area contributed by atoms with Gasteiger partial charge in [0.25, 0.3) is 0 Å². The second-order valence-corrected chi connectivity index (χ2v) is 8.02. The molecule has 4 nitrogen and oxygen atoms in total. The van der Waals surface area contributed by atoms with Gasteiger partial charge in [0.05, 0.1) is 5.39 Å². The van der Waals surface area contributed by atoms with E-state index in [4.69, 9.17) is 0 Å². The second kappa shape index (κ2) is 9.28. The van der Waals surface area contributed by atoms with E-state index in [1.807, 2.05) is 0 Å². The minimum Gasteiger partial charge on any atom is -0.367 e. The number of piperidine rings is 1. The molecule has 140 valence electrons. The zero-order chi connectivity index (χ0) is 18.4. The van der Waals surface area contributed by atoms with Crippen molar-refractivity contribution < 1.29 is 0 Å². The number of hydrogen-bond donors (Lipinski definition) is 1. The van der Waals surface area contributed by atoms with Crippen molar-refractivity contribution in [2.24, 2.45) is 0 Å². The van der Waals surface area contributed by atoms with E-state index in [2.05, 4.69) is 65.3 Å². The fraction of sp³-hybridized carbons (Fsp3) is 0.524. The van der Waals surface area contributed by atoms with Crippen LogP contribution in [0.3, 0.4) is 0 Å². The highest BCUT2D eigenvalue weighted by Gasteiger charge is 2.20. The van der Waals surface area contributed by atoms with Crippen molar-refractivity contribution in [1.29, 1.82) is 0 Å². The van der Waals surface area contributed by atoms with E-state index in [0.717, 1.165) is 56.0 Å². The maximum atomic E-state index is 4.52. The Morgan fingerprint density at radius 2 is 2.12 bits per heavy atom. The summed E-state index contributed by atoms with van der Waals surface area (Å²) >= 11 is 1.78. The highest BCUT2D eigenvalue weighted by molar-refractivity contribution is 7.18. The number of rotatable bonds is 7. The van der Waals surface area contributed by atoms with Crippen LogP contribution in [0.2, 0.25) is 0 Å². The number of allylic oxidation sites excluding steroid dienone is 3. The third-order valence-corrected chi connectivity index (χ3v) is 6.25. The number of aryl methyl sites for hydroxylation is 1. The van der Waals surface area contributed by atoms with Gasteiger partial charge in [-0.3, -0.25) is 4.90 Å². The number of nitrogens with zero attached hydrogens (tertiary/aromatic N) is 3. The van der Waals surface area contributed by atoms with Crippen molar-refractivity contribution in [2.45, 2.75) is 52.5 Å². The number of thiophene rings is 1. The summed E-state index contributed by atoms with van der Waals surface area (Å²) in [4.78, 5) is 14.0. The number of nitrogens with one attached hydrogen (secondary N) is 1. The van der Waals surface area contributed by atoms with Gasteiger partial charge in [-0.05, 0) is 38.7 Å². The topological polar surface area (TPSA) is 41.0 Å². The second-order valence-electron chi connectivity index (χ2n) is 6.91. The first-order chi connectivity index (χ1) is 12.7. The van der Waals surface area contributed by atoms with Gasteiger partial charge in [0, 0.05) is 30.6 Å². The molecule has 1 aliphatic heterocycles. The highest BCUT2D eigenvalue weighted by atomic mass is 32.1. The van der Waals surface area contributed by atoms with Gasteiger partial charge in [0.2, 0.25) is 0 Å². The fourth-order valence-corrected chi connectivity index (χ4v) is 4.36. The largest absolute Gasteiger partial charge is 0.367 e. The fourth-order valence-electron chi connectivity index (χ4n) is 3.43. The smallest absolute Gasteiger partial charge is 0.138 e. The van der Waals surface area contributed by atoms with Crippen molar-refractivity contribution in [2.75, 3.05) is 25.0 Å². The molecule has 0 aliphatic carbocycles. The lowest BCUT2D eigenvalue weighted by Gasteiger charge is -2.33. The standard InChI is InChI=1S/C21H30N4S/c1-4-7-8-16(5-2)14-25-11-9-17(10-12-25)24-20-19-13-18(6-3)26-21(19)23-15-22-20/h4,7-8,13,15,17H,5-6,9-12,14H2,1-3H3,(H,22,23,24)/b7-4-,16-8+. The molecular formula is C21H30N4S. The van der Waals surface area contributed by atoms with E-state index in [1.165, 1.54) is 15.8 Å². The van der Waals surface area contributed by atoms with Gasteiger partial charge in [-0.15, -0.1) is 11.3 Å². The first kappa shape index (κ1) is 19.1. The predicted octanol–water partition coefficient (Wildman–Crippen LogP) is 5.04. The van der Waals surface area contributed by atoms with Crippen LogP contribution < -0.4 is 5.32 Å². The minimum atomic E-state index is 0.499. The van der Waals surface area contributed by atoms with Crippen molar-refractivity contribution in [3.63, 3.8) is 0 Å². The first-order valence-electron chi connectivity index (χ1n) is 9.76. The van der Waals surface area contributed by atoms with Crippen molar-refractivity contribution in [3.8, 4) is 0 Å². The molecule has 3 heterocycles. The van der Waals surface area contributed by atoms with Crippen LogP contribution >= 0.6 is 11.3 Å². The normalized spacial score (nSPS) is 17.4. The average Bonchev–Trinajstić information content (AvgIpc) is 3.11. The van der Waals surface area contributed by atoms with Crippen LogP contribution in [0.5, 0.6) is 0 Å². The third kappa shape index (κ3) is 4.71. The lowest BCUT2D eigenvalue weighted by atomic mass is 10.0. The summed E-state index contributed by atoms with van der Waals surface area (Å²) < 4.78 is 0. The van der Waals surface area contributed by atoms with E-state index in [0.29, 0.717) is 6.04 Å². The molecule has 0 amide bonds. The van der Waals surface area contributed by atoms with Crippen LogP contribution in [-0.2, 0) is 6.42 Å². The van der Waals surface area contributed by atoms with Gasteiger partial charge < -0.3 is 5.32 Å². The summed E-state index contributed by atoms with van der Waals surface area (Å²) in [7, 11) is 0. The van der Waals surface area contributed by atoms with Crippen LogP contribution in [0.25, 0.3) is 10.2 Å². The molecular weight excluding hydrogens is 340 g/mol. The lowest BCUT2D eigenvalue weighted by Crippen LogP contribution is -2.40. The van der Waals surface area contributed by atoms with Gasteiger partial charge in [0.15, 0.2) is 0 Å². The van der Waals surface area contributed by atoms with E-state index in [9.17, 15) is 0 Å². The first-order valence-corrected chi connectivity index (χ1v) is 10.6. The number of hydrogen-bond acceptors (Lipinski definition) is 5. The predicted molar refractivity (Wildman–Crippen MR) is 113 cm³/mol. The lowest BCUT2D eigenvalue weighted by molar-refractivity contribution is 0.234. The van der Waals surface area contributed by atoms with Gasteiger partial charge >= 0.3 is 0 Å². The molecule has 1 aliphatic rings. The number of fused-ring (bicyclic) bond motifs is 1. The Morgan fingerprint density at radius 1 is 1.31 bits per heavy atom. The molecule has 1 N–H and O–H groups in total. The van der Waals surface area contributed by atoms with Crippen LogP contribution in [0.15, 0.2) is 36.2 Å². The summed E-state index contributed by atoms with van der Waals surface area (Å²) in [6, 6.07) is 2.75. The van der Waals surface area contributed by atoms with Crippen LogP contribution in [0.1, 0.15) is 44.9 Å². The van der Waals surface area contributed by atoms with E-state index in [-0.39, 0.29) is 0 Å². The minimum absolute atomic E-state index is 0.499. The average molecular weight is 371 g/mol. The van der Waals surface area contributed by atoms with E-state index in [1.54, 1.807) is 17.7 Å². The summed E-state index contributed by atoms with van der Waals surface area (Å²) in [6.07, 6.45) is 12.7. The molecule has 2 aromatic heterocycles. The van der Waals surface area contributed by atoms with Gasteiger partial charge in [-0.2, -0.15) is 0 Å². The Kier molecular flexibility index (Phi) is 6.80. The van der Waals surface area contributed by atoms with Crippen molar-refractivity contribution in [1.82, 2.24) is 14.9 Å². The maximum absolute atomic E-state index is 4.52.